The summed E-state index contributed by atoms with van der Waals surface area (Å²) >= 11 is 0. The van der Waals surface area contributed by atoms with E-state index in [0.717, 1.165) is 17.1 Å². The second-order valence-corrected chi connectivity index (χ2v) is 4.53. The van der Waals surface area contributed by atoms with Crippen LogP contribution >= 0.6 is 0 Å². The molecule has 0 radical (unpaired) electrons. The highest BCUT2D eigenvalue weighted by molar-refractivity contribution is 5.58. The Kier molecular flexibility index (Phi) is 2.22. The predicted molar refractivity (Wildman–Crippen MR) is 65.4 cm³/mol. The fourth-order valence-corrected chi connectivity index (χ4v) is 2.05. The number of nitrogens with zero attached hydrogens (tertiary/aromatic N) is 3. The maximum atomic E-state index is 8.79. The number of nitriles is 1. The minimum atomic E-state index is 0.627. The second-order valence-electron chi connectivity index (χ2n) is 4.53. The second kappa shape index (κ2) is 3.74. The molecule has 1 aromatic heterocycles. The summed E-state index contributed by atoms with van der Waals surface area (Å²) in [5.41, 5.74) is 2.83. The van der Waals surface area contributed by atoms with Gasteiger partial charge in [0.25, 0.3) is 0 Å². The van der Waals surface area contributed by atoms with Crippen molar-refractivity contribution in [3.63, 3.8) is 0 Å². The maximum Gasteiger partial charge on any atom is 0.140 e. The van der Waals surface area contributed by atoms with E-state index < -0.39 is 0 Å². The summed E-state index contributed by atoms with van der Waals surface area (Å²) < 4.78 is 2.26. The van der Waals surface area contributed by atoms with Gasteiger partial charge in [-0.2, -0.15) is 5.26 Å². The van der Waals surface area contributed by atoms with Gasteiger partial charge >= 0.3 is 0 Å². The summed E-state index contributed by atoms with van der Waals surface area (Å²) in [7, 11) is 0. The molecule has 1 aromatic carbocycles. The molecule has 2 aromatic rings. The normalized spacial score (nSPS) is 14.6. The van der Waals surface area contributed by atoms with Crippen LogP contribution in [-0.4, -0.2) is 9.55 Å². The van der Waals surface area contributed by atoms with Gasteiger partial charge in [-0.1, -0.05) is 0 Å². The van der Waals surface area contributed by atoms with Crippen LogP contribution in [0.2, 0.25) is 0 Å². The molecule has 1 saturated carbocycles. The molecule has 3 heteroatoms. The number of aromatic nitrogens is 2. The van der Waals surface area contributed by atoms with Crippen LogP contribution in [0.5, 0.6) is 0 Å². The highest BCUT2D eigenvalue weighted by Crippen LogP contribution is 2.38. The fourth-order valence-electron chi connectivity index (χ4n) is 2.05. The van der Waals surface area contributed by atoms with Crippen molar-refractivity contribution in [2.24, 2.45) is 0 Å². The quantitative estimate of drug-likeness (QED) is 0.785. The Morgan fingerprint density at radius 2 is 2.00 bits per heavy atom. The Morgan fingerprint density at radius 3 is 2.59 bits per heavy atom. The molecular formula is C14H13N3. The summed E-state index contributed by atoms with van der Waals surface area (Å²) in [6.45, 7) is 2.02. The Labute approximate surface area is 100 Å². The van der Waals surface area contributed by atoms with E-state index in [9.17, 15) is 0 Å². The number of benzene rings is 1. The van der Waals surface area contributed by atoms with Crippen molar-refractivity contribution in [3.8, 4) is 17.5 Å². The van der Waals surface area contributed by atoms with Crippen LogP contribution in [-0.2, 0) is 0 Å². The van der Waals surface area contributed by atoms with E-state index in [2.05, 4.69) is 21.8 Å². The van der Waals surface area contributed by atoms with Gasteiger partial charge in [-0.25, -0.2) is 4.98 Å². The summed E-state index contributed by atoms with van der Waals surface area (Å²) in [6.07, 6.45) is 4.61. The third-order valence-corrected chi connectivity index (χ3v) is 3.07. The molecule has 1 heterocycles. The van der Waals surface area contributed by atoms with Gasteiger partial charge in [-0.05, 0) is 44.0 Å². The van der Waals surface area contributed by atoms with E-state index in [1.54, 1.807) is 0 Å². The number of imidazole rings is 1. The van der Waals surface area contributed by atoms with E-state index in [-0.39, 0.29) is 0 Å². The first-order chi connectivity index (χ1) is 8.28. The van der Waals surface area contributed by atoms with Crippen LogP contribution in [0, 0.1) is 18.3 Å². The highest BCUT2D eigenvalue weighted by atomic mass is 15.1. The molecule has 1 aliphatic rings. The van der Waals surface area contributed by atoms with Crippen LogP contribution in [0.1, 0.15) is 30.1 Å². The highest BCUT2D eigenvalue weighted by Gasteiger charge is 2.26. The Bertz CT molecular complexity index is 583. The molecule has 0 aliphatic heterocycles. The zero-order chi connectivity index (χ0) is 11.8. The Balaban J connectivity index is 2.05. The van der Waals surface area contributed by atoms with Gasteiger partial charge in [0.1, 0.15) is 5.82 Å². The van der Waals surface area contributed by atoms with Gasteiger partial charge in [0.05, 0.1) is 17.3 Å². The third-order valence-electron chi connectivity index (χ3n) is 3.07. The van der Waals surface area contributed by atoms with Crippen molar-refractivity contribution >= 4 is 0 Å². The van der Waals surface area contributed by atoms with E-state index in [0.29, 0.717) is 11.6 Å². The molecule has 0 saturated heterocycles. The summed E-state index contributed by atoms with van der Waals surface area (Å²) in [5.74, 6) is 1.02. The smallest absolute Gasteiger partial charge is 0.140 e. The van der Waals surface area contributed by atoms with Gasteiger partial charge in [-0.3, -0.25) is 0 Å². The van der Waals surface area contributed by atoms with Crippen LogP contribution < -0.4 is 0 Å². The van der Waals surface area contributed by atoms with E-state index in [1.165, 1.54) is 12.8 Å². The molecule has 3 nitrogen and oxygen atoms in total. The molecule has 0 bridgehead atoms. The van der Waals surface area contributed by atoms with Gasteiger partial charge in [0.15, 0.2) is 0 Å². The molecule has 0 unspecified atom stereocenters. The van der Waals surface area contributed by atoms with Crippen molar-refractivity contribution in [1.82, 2.24) is 9.55 Å². The zero-order valence-electron chi connectivity index (χ0n) is 9.72. The molecule has 1 aliphatic carbocycles. The first-order valence-electron chi connectivity index (χ1n) is 5.84. The summed E-state index contributed by atoms with van der Waals surface area (Å²) in [4.78, 5) is 4.58. The third kappa shape index (κ3) is 1.83. The van der Waals surface area contributed by atoms with E-state index in [4.69, 9.17) is 5.26 Å². The topological polar surface area (TPSA) is 41.6 Å². The molecule has 0 atom stereocenters. The summed E-state index contributed by atoms with van der Waals surface area (Å²) in [6, 6.07) is 10.4. The van der Waals surface area contributed by atoms with Crippen molar-refractivity contribution in [2.75, 3.05) is 0 Å². The van der Waals surface area contributed by atoms with E-state index in [1.807, 2.05) is 31.2 Å². The molecule has 0 spiro atoms. The first-order valence-corrected chi connectivity index (χ1v) is 5.84. The van der Waals surface area contributed by atoms with E-state index >= 15 is 0 Å². The lowest BCUT2D eigenvalue weighted by Crippen LogP contribution is -1.95. The number of rotatable bonds is 2. The lowest BCUT2D eigenvalue weighted by molar-refractivity contribution is 0.749. The maximum absolute atomic E-state index is 8.79. The number of aryl methyl sites for hydroxylation is 1. The minimum Gasteiger partial charge on any atom is -0.328 e. The molecule has 0 amide bonds. The molecule has 17 heavy (non-hydrogen) atoms. The molecule has 0 N–H and O–H groups in total. The largest absolute Gasteiger partial charge is 0.328 e. The van der Waals surface area contributed by atoms with Crippen LogP contribution in [0.25, 0.3) is 11.4 Å². The van der Waals surface area contributed by atoms with Crippen LogP contribution in [0.15, 0.2) is 30.5 Å². The van der Waals surface area contributed by atoms with Crippen LogP contribution in [0.4, 0.5) is 0 Å². The zero-order valence-corrected chi connectivity index (χ0v) is 9.72. The van der Waals surface area contributed by atoms with Crippen molar-refractivity contribution in [3.05, 3.63) is 41.7 Å². The fraction of sp³-hybridized carbons (Fsp3) is 0.286. The van der Waals surface area contributed by atoms with Gasteiger partial charge in [0.2, 0.25) is 0 Å². The minimum absolute atomic E-state index is 0.627. The Morgan fingerprint density at radius 1 is 1.29 bits per heavy atom. The standard InChI is InChI=1S/C14H13N3/c1-10-9-17(13-6-7-13)14(16-10)12-4-2-11(8-15)3-5-12/h2-5,9,13H,6-7H2,1H3. The lowest BCUT2D eigenvalue weighted by Gasteiger charge is -2.05. The van der Waals surface area contributed by atoms with Crippen molar-refractivity contribution < 1.29 is 0 Å². The molecular weight excluding hydrogens is 210 g/mol. The number of hydrogen-bond acceptors (Lipinski definition) is 2. The average Bonchev–Trinajstić information content (AvgIpc) is 3.13. The Hall–Kier alpha value is -2.08. The molecule has 3 rings (SSSR count). The van der Waals surface area contributed by atoms with Gasteiger partial charge < -0.3 is 4.57 Å². The van der Waals surface area contributed by atoms with Crippen molar-refractivity contribution in [1.29, 1.82) is 5.26 Å². The predicted octanol–water partition coefficient (Wildman–Crippen LogP) is 3.07. The SMILES string of the molecule is Cc1cn(C2CC2)c(-c2ccc(C#N)cc2)n1. The van der Waals surface area contributed by atoms with Crippen molar-refractivity contribution in [2.45, 2.75) is 25.8 Å². The first kappa shape index (κ1) is 10.1. The molecule has 84 valence electrons. The van der Waals surface area contributed by atoms with Gasteiger partial charge in [-0.15, -0.1) is 0 Å². The number of hydrogen-bond donors (Lipinski definition) is 0. The molecule has 1 fully saturated rings. The van der Waals surface area contributed by atoms with Crippen LogP contribution in [0.3, 0.4) is 0 Å². The average molecular weight is 223 g/mol. The lowest BCUT2D eigenvalue weighted by atomic mass is 10.1. The van der Waals surface area contributed by atoms with Gasteiger partial charge in [0, 0.05) is 17.8 Å². The summed E-state index contributed by atoms with van der Waals surface area (Å²) in [5, 5.41) is 8.79. The monoisotopic (exact) mass is 223 g/mol.